The maximum absolute atomic E-state index is 4.14. The molecule has 1 aromatic heterocycles. The van der Waals surface area contributed by atoms with Crippen LogP contribution in [0.5, 0.6) is 0 Å². The van der Waals surface area contributed by atoms with E-state index in [1.165, 1.54) is 17.9 Å². The zero-order chi connectivity index (χ0) is 10.7. The SMILES string of the molecule is CNC(Cc1cn(C)nn1)C1CCSC1. The lowest BCUT2D eigenvalue weighted by atomic mass is 9.95. The van der Waals surface area contributed by atoms with Crippen molar-refractivity contribution in [3.63, 3.8) is 0 Å². The monoisotopic (exact) mass is 226 g/mol. The van der Waals surface area contributed by atoms with Gasteiger partial charge in [-0.2, -0.15) is 11.8 Å². The highest BCUT2D eigenvalue weighted by Gasteiger charge is 2.24. The molecule has 0 aliphatic carbocycles. The van der Waals surface area contributed by atoms with Crippen LogP contribution >= 0.6 is 11.8 Å². The number of rotatable bonds is 4. The van der Waals surface area contributed by atoms with Crippen LogP contribution in [-0.4, -0.2) is 39.6 Å². The molecule has 2 unspecified atom stereocenters. The third-order valence-corrected chi connectivity index (χ3v) is 4.17. The molecule has 5 heteroatoms. The molecule has 2 heterocycles. The van der Waals surface area contributed by atoms with Crippen molar-refractivity contribution in [2.24, 2.45) is 13.0 Å². The van der Waals surface area contributed by atoms with Gasteiger partial charge in [0.05, 0.1) is 5.69 Å². The van der Waals surface area contributed by atoms with Crippen molar-refractivity contribution in [3.8, 4) is 0 Å². The maximum Gasteiger partial charge on any atom is 0.0842 e. The third-order valence-electron chi connectivity index (χ3n) is 2.98. The summed E-state index contributed by atoms with van der Waals surface area (Å²) < 4.78 is 1.77. The first kappa shape index (κ1) is 11.0. The lowest BCUT2D eigenvalue weighted by Gasteiger charge is -2.21. The van der Waals surface area contributed by atoms with Crippen molar-refractivity contribution in [2.75, 3.05) is 18.6 Å². The Kier molecular flexibility index (Phi) is 3.64. The molecule has 4 nitrogen and oxygen atoms in total. The zero-order valence-electron chi connectivity index (χ0n) is 9.31. The van der Waals surface area contributed by atoms with Gasteiger partial charge < -0.3 is 5.32 Å². The molecule has 0 saturated carbocycles. The van der Waals surface area contributed by atoms with Gasteiger partial charge in [0.15, 0.2) is 0 Å². The van der Waals surface area contributed by atoms with Crippen LogP contribution in [0.15, 0.2) is 6.20 Å². The minimum absolute atomic E-state index is 0.553. The van der Waals surface area contributed by atoms with Crippen molar-refractivity contribution in [1.82, 2.24) is 20.3 Å². The fourth-order valence-electron chi connectivity index (χ4n) is 2.09. The number of hydrogen-bond donors (Lipinski definition) is 1. The molecule has 1 fully saturated rings. The Hall–Kier alpha value is -0.550. The van der Waals surface area contributed by atoms with Gasteiger partial charge in [0, 0.05) is 25.7 Å². The van der Waals surface area contributed by atoms with Crippen LogP contribution in [0.4, 0.5) is 0 Å². The van der Waals surface area contributed by atoms with E-state index < -0.39 is 0 Å². The van der Waals surface area contributed by atoms with Crippen molar-refractivity contribution in [3.05, 3.63) is 11.9 Å². The van der Waals surface area contributed by atoms with E-state index >= 15 is 0 Å². The van der Waals surface area contributed by atoms with Gasteiger partial charge in [-0.3, -0.25) is 4.68 Å². The predicted molar refractivity (Wildman–Crippen MR) is 63.0 cm³/mol. The van der Waals surface area contributed by atoms with E-state index in [-0.39, 0.29) is 0 Å². The number of nitrogens with one attached hydrogen (secondary N) is 1. The molecule has 2 atom stereocenters. The smallest absolute Gasteiger partial charge is 0.0842 e. The second-order valence-corrected chi connectivity index (χ2v) is 5.26. The van der Waals surface area contributed by atoms with Gasteiger partial charge in [0.25, 0.3) is 0 Å². The predicted octanol–water partition coefficient (Wildman–Crippen LogP) is 0.699. The Morgan fingerprint density at radius 3 is 3.13 bits per heavy atom. The Bertz CT molecular complexity index is 306. The van der Waals surface area contributed by atoms with Crippen molar-refractivity contribution < 1.29 is 0 Å². The first-order valence-electron chi connectivity index (χ1n) is 5.40. The van der Waals surface area contributed by atoms with Gasteiger partial charge in [0.2, 0.25) is 0 Å². The van der Waals surface area contributed by atoms with E-state index in [9.17, 15) is 0 Å². The number of aromatic nitrogens is 3. The molecule has 0 bridgehead atoms. The Balaban J connectivity index is 1.95. The van der Waals surface area contributed by atoms with Crippen LogP contribution in [0.2, 0.25) is 0 Å². The first-order chi connectivity index (χ1) is 7.29. The molecule has 1 N–H and O–H groups in total. The number of thioether (sulfide) groups is 1. The molecule has 1 saturated heterocycles. The topological polar surface area (TPSA) is 42.7 Å². The van der Waals surface area contributed by atoms with Gasteiger partial charge in [-0.15, -0.1) is 5.10 Å². The van der Waals surface area contributed by atoms with Crippen LogP contribution in [0.1, 0.15) is 12.1 Å². The molecular weight excluding hydrogens is 208 g/mol. The van der Waals surface area contributed by atoms with Gasteiger partial charge >= 0.3 is 0 Å². The van der Waals surface area contributed by atoms with E-state index in [1.54, 1.807) is 4.68 Å². The molecule has 0 radical (unpaired) electrons. The maximum atomic E-state index is 4.14. The number of aryl methyl sites for hydroxylation is 1. The molecular formula is C10H18N4S. The third kappa shape index (κ3) is 2.72. The minimum Gasteiger partial charge on any atom is -0.316 e. The molecule has 84 valence electrons. The highest BCUT2D eigenvalue weighted by atomic mass is 32.2. The summed E-state index contributed by atoms with van der Waals surface area (Å²) in [4.78, 5) is 0. The van der Waals surface area contributed by atoms with Gasteiger partial charge in [0.1, 0.15) is 0 Å². The van der Waals surface area contributed by atoms with Gasteiger partial charge in [-0.05, 0) is 30.9 Å². The number of nitrogens with zero attached hydrogens (tertiary/aromatic N) is 3. The second-order valence-electron chi connectivity index (χ2n) is 4.11. The quantitative estimate of drug-likeness (QED) is 0.820. The van der Waals surface area contributed by atoms with Crippen LogP contribution in [0.25, 0.3) is 0 Å². The summed E-state index contributed by atoms with van der Waals surface area (Å²) in [6.45, 7) is 0. The highest BCUT2D eigenvalue weighted by molar-refractivity contribution is 7.99. The highest BCUT2D eigenvalue weighted by Crippen LogP contribution is 2.27. The summed E-state index contributed by atoms with van der Waals surface area (Å²) in [6.07, 6.45) is 4.33. The lowest BCUT2D eigenvalue weighted by molar-refractivity contribution is 0.401. The standard InChI is InChI=1S/C10H18N4S/c1-11-10(8-3-4-15-7-8)5-9-6-14(2)13-12-9/h6,8,10-11H,3-5,7H2,1-2H3. The minimum atomic E-state index is 0.553. The van der Waals surface area contributed by atoms with E-state index in [0.29, 0.717) is 6.04 Å². The van der Waals surface area contributed by atoms with Crippen LogP contribution in [0, 0.1) is 5.92 Å². The lowest BCUT2D eigenvalue weighted by Crippen LogP contribution is -2.35. The summed E-state index contributed by atoms with van der Waals surface area (Å²) in [5.74, 6) is 3.39. The molecule has 2 rings (SSSR count). The normalized spacial score (nSPS) is 23.2. The van der Waals surface area contributed by atoms with E-state index in [4.69, 9.17) is 0 Å². The van der Waals surface area contributed by atoms with E-state index in [0.717, 1.165) is 18.0 Å². The van der Waals surface area contributed by atoms with E-state index in [2.05, 4.69) is 27.4 Å². The summed E-state index contributed by atoms with van der Waals surface area (Å²) >= 11 is 2.06. The largest absolute Gasteiger partial charge is 0.316 e. The van der Waals surface area contributed by atoms with Crippen molar-refractivity contribution >= 4 is 11.8 Å². The molecule has 0 spiro atoms. The number of likely N-dealkylation sites (N-methyl/N-ethyl adjacent to an activating group) is 1. The summed E-state index contributed by atoms with van der Waals surface area (Å²) in [7, 11) is 3.96. The molecule has 1 aliphatic rings. The average Bonchev–Trinajstić information content (AvgIpc) is 2.85. The van der Waals surface area contributed by atoms with Crippen LogP contribution < -0.4 is 5.32 Å². The van der Waals surface area contributed by atoms with Gasteiger partial charge in [-0.25, -0.2) is 0 Å². The van der Waals surface area contributed by atoms with Crippen LogP contribution in [-0.2, 0) is 13.5 Å². The summed E-state index contributed by atoms with van der Waals surface area (Å²) in [6, 6.07) is 0.553. The zero-order valence-corrected chi connectivity index (χ0v) is 10.1. The molecule has 15 heavy (non-hydrogen) atoms. The molecule has 0 amide bonds. The fourth-order valence-corrected chi connectivity index (χ4v) is 3.43. The first-order valence-corrected chi connectivity index (χ1v) is 6.55. The number of hydrogen-bond acceptors (Lipinski definition) is 4. The average molecular weight is 226 g/mol. The summed E-state index contributed by atoms with van der Waals surface area (Å²) in [5.41, 5.74) is 1.09. The molecule has 1 aliphatic heterocycles. The fraction of sp³-hybridized carbons (Fsp3) is 0.800. The van der Waals surface area contributed by atoms with E-state index in [1.807, 2.05) is 20.3 Å². The van der Waals surface area contributed by atoms with Crippen molar-refractivity contribution in [2.45, 2.75) is 18.9 Å². The van der Waals surface area contributed by atoms with Gasteiger partial charge in [-0.1, -0.05) is 5.21 Å². The Labute approximate surface area is 94.8 Å². The van der Waals surface area contributed by atoms with Crippen LogP contribution in [0.3, 0.4) is 0 Å². The Morgan fingerprint density at radius 2 is 2.60 bits per heavy atom. The molecule has 0 aromatic carbocycles. The Morgan fingerprint density at radius 1 is 1.73 bits per heavy atom. The second kappa shape index (κ2) is 4.99. The van der Waals surface area contributed by atoms with Crippen molar-refractivity contribution in [1.29, 1.82) is 0 Å². The summed E-state index contributed by atoms with van der Waals surface area (Å²) in [5, 5.41) is 11.5. The molecule has 1 aromatic rings.